The maximum atomic E-state index is 12.7. The Balaban J connectivity index is 1.66. The van der Waals surface area contributed by atoms with Crippen LogP contribution in [-0.4, -0.2) is 45.6 Å². The van der Waals surface area contributed by atoms with Gasteiger partial charge in [0.15, 0.2) is 0 Å². The summed E-state index contributed by atoms with van der Waals surface area (Å²) in [5.74, 6) is -0.342. The van der Waals surface area contributed by atoms with Crippen LogP contribution in [0.3, 0.4) is 0 Å². The summed E-state index contributed by atoms with van der Waals surface area (Å²) in [6.45, 7) is 3.57. The summed E-state index contributed by atoms with van der Waals surface area (Å²) in [5, 5.41) is 3.16. The molecule has 2 aromatic rings. The summed E-state index contributed by atoms with van der Waals surface area (Å²) in [5.41, 5.74) is 2.88. The van der Waals surface area contributed by atoms with Gasteiger partial charge in [-0.3, -0.25) is 14.0 Å². The van der Waals surface area contributed by atoms with Crippen molar-refractivity contribution in [3.63, 3.8) is 0 Å². The van der Waals surface area contributed by atoms with Crippen LogP contribution in [0.2, 0.25) is 5.02 Å². The molecule has 30 heavy (non-hydrogen) atoms. The van der Waals surface area contributed by atoms with E-state index < -0.39 is 10.0 Å². The zero-order valence-electron chi connectivity index (χ0n) is 17.4. The summed E-state index contributed by atoms with van der Waals surface area (Å²) in [7, 11) is -1.99. The molecule has 0 bridgehead atoms. The van der Waals surface area contributed by atoms with Crippen molar-refractivity contribution >= 4 is 33.2 Å². The summed E-state index contributed by atoms with van der Waals surface area (Å²) in [6, 6.07) is 12.8. The second kappa shape index (κ2) is 9.81. The largest absolute Gasteiger partial charge is 0.348 e. The number of sulfonamides is 1. The molecule has 0 atom stereocenters. The third-order valence-electron chi connectivity index (χ3n) is 5.35. The Labute approximate surface area is 183 Å². The Morgan fingerprint density at radius 3 is 2.50 bits per heavy atom. The molecule has 1 fully saturated rings. The fourth-order valence-corrected chi connectivity index (χ4v) is 4.27. The molecule has 3 rings (SSSR count). The second-order valence-electron chi connectivity index (χ2n) is 7.73. The molecule has 162 valence electrons. The van der Waals surface area contributed by atoms with Crippen LogP contribution in [0.15, 0.2) is 42.5 Å². The molecule has 1 aliphatic heterocycles. The SMILES string of the molecule is CN(c1ccc(Cl)c(C(=O)NCc2cccc(CN3CCCCC3)c2)c1)S(C)(=O)=O. The molecule has 1 amide bonds. The smallest absolute Gasteiger partial charge is 0.253 e. The van der Waals surface area contributed by atoms with Crippen LogP contribution >= 0.6 is 11.6 Å². The van der Waals surface area contributed by atoms with Crippen molar-refractivity contribution in [2.24, 2.45) is 0 Å². The molecule has 0 unspecified atom stereocenters. The molecule has 1 saturated heterocycles. The van der Waals surface area contributed by atoms with Crippen LogP contribution in [0.25, 0.3) is 0 Å². The van der Waals surface area contributed by atoms with E-state index in [9.17, 15) is 13.2 Å². The van der Waals surface area contributed by atoms with Crippen LogP contribution in [-0.2, 0) is 23.1 Å². The van der Waals surface area contributed by atoms with Gasteiger partial charge in [-0.25, -0.2) is 8.42 Å². The van der Waals surface area contributed by atoms with Crippen LogP contribution in [0.1, 0.15) is 40.7 Å². The molecule has 0 saturated carbocycles. The maximum absolute atomic E-state index is 12.7. The summed E-state index contributed by atoms with van der Waals surface area (Å²) in [6.07, 6.45) is 4.93. The number of hydrogen-bond donors (Lipinski definition) is 1. The molecule has 0 aliphatic carbocycles. The van der Waals surface area contributed by atoms with Gasteiger partial charge in [-0.1, -0.05) is 42.3 Å². The van der Waals surface area contributed by atoms with Gasteiger partial charge in [0, 0.05) is 20.1 Å². The van der Waals surface area contributed by atoms with Gasteiger partial charge in [0.1, 0.15) is 0 Å². The number of carbonyl (C=O) groups is 1. The molecular formula is C22H28ClN3O3S. The first-order chi connectivity index (χ1) is 14.2. The van der Waals surface area contributed by atoms with Crippen molar-refractivity contribution < 1.29 is 13.2 Å². The van der Waals surface area contributed by atoms with E-state index in [0.717, 1.165) is 35.8 Å². The van der Waals surface area contributed by atoms with Gasteiger partial charge in [0.25, 0.3) is 5.91 Å². The van der Waals surface area contributed by atoms with E-state index in [1.807, 2.05) is 12.1 Å². The Kier molecular flexibility index (Phi) is 7.39. The highest BCUT2D eigenvalue weighted by Crippen LogP contribution is 2.24. The van der Waals surface area contributed by atoms with Crippen LogP contribution in [0, 0.1) is 0 Å². The summed E-state index contributed by atoms with van der Waals surface area (Å²) >= 11 is 6.19. The minimum Gasteiger partial charge on any atom is -0.348 e. The van der Waals surface area contributed by atoms with Gasteiger partial charge in [0.05, 0.1) is 22.5 Å². The van der Waals surface area contributed by atoms with Gasteiger partial charge < -0.3 is 5.32 Å². The molecule has 6 nitrogen and oxygen atoms in total. The Hall–Kier alpha value is -2.09. The fraction of sp³-hybridized carbons (Fsp3) is 0.409. The normalized spacial score (nSPS) is 15.0. The van der Waals surface area contributed by atoms with E-state index in [2.05, 4.69) is 22.3 Å². The first-order valence-electron chi connectivity index (χ1n) is 10.1. The van der Waals surface area contributed by atoms with Gasteiger partial charge in [-0.05, 0) is 55.3 Å². The summed E-state index contributed by atoms with van der Waals surface area (Å²) in [4.78, 5) is 15.2. The lowest BCUT2D eigenvalue weighted by molar-refractivity contribution is 0.0951. The molecule has 1 heterocycles. The van der Waals surface area contributed by atoms with Gasteiger partial charge in [-0.2, -0.15) is 0 Å². The van der Waals surface area contributed by atoms with Crippen molar-refractivity contribution in [2.75, 3.05) is 30.7 Å². The third kappa shape index (κ3) is 5.97. The number of nitrogens with one attached hydrogen (secondary N) is 1. The van der Waals surface area contributed by atoms with E-state index in [0.29, 0.717) is 12.2 Å². The third-order valence-corrected chi connectivity index (χ3v) is 6.89. The number of carbonyl (C=O) groups excluding carboxylic acids is 1. The van der Waals surface area contributed by atoms with E-state index in [4.69, 9.17) is 11.6 Å². The number of likely N-dealkylation sites (tertiary alicyclic amines) is 1. The quantitative estimate of drug-likeness (QED) is 0.700. The predicted octanol–water partition coefficient (Wildman–Crippen LogP) is 3.65. The molecule has 1 aliphatic rings. The van der Waals surface area contributed by atoms with Crippen molar-refractivity contribution in [2.45, 2.75) is 32.4 Å². The van der Waals surface area contributed by atoms with E-state index in [-0.39, 0.29) is 16.5 Å². The number of piperidine rings is 1. The van der Waals surface area contributed by atoms with Crippen molar-refractivity contribution in [1.29, 1.82) is 0 Å². The number of benzene rings is 2. The second-order valence-corrected chi connectivity index (χ2v) is 10.2. The van der Waals surface area contributed by atoms with E-state index in [1.165, 1.54) is 44.0 Å². The van der Waals surface area contributed by atoms with Crippen LogP contribution in [0.4, 0.5) is 5.69 Å². The molecule has 2 aromatic carbocycles. The van der Waals surface area contributed by atoms with Crippen LogP contribution in [0.5, 0.6) is 0 Å². The highest BCUT2D eigenvalue weighted by atomic mass is 35.5. The summed E-state index contributed by atoms with van der Waals surface area (Å²) < 4.78 is 24.7. The minimum absolute atomic E-state index is 0.245. The van der Waals surface area contributed by atoms with Gasteiger partial charge >= 0.3 is 0 Å². The lowest BCUT2D eigenvalue weighted by atomic mass is 10.1. The number of nitrogens with zero attached hydrogens (tertiary/aromatic N) is 2. The zero-order valence-corrected chi connectivity index (χ0v) is 19.0. The maximum Gasteiger partial charge on any atom is 0.253 e. The Morgan fingerprint density at radius 2 is 1.80 bits per heavy atom. The molecule has 8 heteroatoms. The number of hydrogen-bond acceptors (Lipinski definition) is 4. The minimum atomic E-state index is -3.43. The highest BCUT2D eigenvalue weighted by Gasteiger charge is 2.17. The van der Waals surface area contributed by atoms with Crippen molar-refractivity contribution in [1.82, 2.24) is 10.2 Å². The van der Waals surface area contributed by atoms with Crippen molar-refractivity contribution in [3.8, 4) is 0 Å². The van der Waals surface area contributed by atoms with Crippen molar-refractivity contribution in [3.05, 3.63) is 64.2 Å². The molecule has 0 spiro atoms. The predicted molar refractivity (Wildman–Crippen MR) is 121 cm³/mol. The topological polar surface area (TPSA) is 69.7 Å². The fourth-order valence-electron chi connectivity index (χ4n) is 3.57. The monoisotopic (exact) mass is 449 g/mol. The number of amides is 1. The van der Waals surface area contributed by atoms with Gasteiger partial charge in [0.2, 0.25) is 10.0 Å². The molecular weight excluding hydrogens is 422 g/mol. The first kappa shape index (κ1) is 22.6. The van der Waals surface area contributed by atoms with Gasteiger partial charge in [-0.15, -0.1) is 0 Å². The molecule has 0 radical (unpaired) electrons. The number of rotatable bonds is 7. The lowest BCUT2D eigenvalue weighted by Gasteiger charge is -2.26. The first-order valence-corrected chi connectivity index (χ1v) is 12.3. The number of anilines is 1. The average molecular weight is 450 g/mol. The lowest BCUT2D eigenvalue weighted by Crippen LogP contribution is -2.29. The standard InChI is InChI=1S/C22H28ClN3O3S/c1-25(30(2,28)29)19-9-10-21(23)20(14-19)22(27)24-15-17-7-6-8-18(13-17)16-26-11-4-3-5-12-26/h6-10,13-14H,3-5,11-12,15-16H2,1-2H3,(H,24,27). The van der Waals surface area contributed by atoms with Crippen LogP contribution < -0.4 is 9.62 Å². The Bertz CT molecular complexity index is 1000. The highest BCUT2D eigenvalue weighted by molar-refractivity contribution is 7.92. The molecule has 1 N–H and O–H groups in total. The van der Waals surface area contributed by atoms with E-state index in [1.54, 1.807) is 6.07 Å². The average Bonchev–Trinajstić information content (AvgIpc) is 2.72. The number of halogens is 1. The Morgan fingerprint density at radius 1 is 1.10 bits per heavy atom. The molecule has 0 aromatic heterocycles. The zero-order chi connectivity index (χ0) is 21.7. The van der Waals surface area contributed by atoms with E-state index >= 15 is 0 Å².